The van der Waals surface area contributed by atoms with Crippen molar-refractivity contribution in [1.29, 1.82) is 0 Å². The first-order valence-corrected chi connectivity index (χ1v) is 7.31. The van der Waals surface area contributed by atoms with E-state index >= 15 is 0 Å². The molecular weight excluding hydrogens is 313 g/mol. The zero-order chi connectivity index (χ0) is 17.2. The molecule has 0 radical (unpaired) electrons. The van der Waals surface area contributed by atoms with Gasteiger partial charge in [-0.1, -0.05) is 18.6 Å². The van der Waals surface area contributed by atoms with Crippen LogP contribution in [0.2, 0.25) is 0 Å². The maximum Gasteiger partial charge on any atom is 0.391 e. The predicted molar refractivity (Wildman–Crippen MR) is 77.1 cm³/mol. The fourth-order valence-corrected chi connectivity index (χ4v) is 2.97. The highest BCUT2D eigenvalue weighted by Crippen LogP contribution is 2.37. The molecule has 1 amide bonds. The molecule has 0 aromatic heterocycles. The van der Waals surface area contributed by atoms with E-state index in [-0.39, 0.29) is 24.1 Å². The third-order valence-corrected chi connectivity index (χ3v) is 4.14. The number of amides is 1. The van der Waals surface area contributed by atoms with E-state index in [1.54, 1.807) is 0 Å². The van der Waals surface area contributed by atoms with E-state index in [2.05, 4.69) is 5.32 Å². The van der Waals surface area contributed by atoms with Crippen LogP contribution in [-0.4, -0.2) is 23.0 Å². The topological polar surface area (TPSA) is 72.2 Å². The molecule has 8 heteroatoms. The van der Waals surface area contributed by atoms with Crippen LogP contribution in [0, 0.1) is 23.0 Å². The largest absolute Gasteiger partial charge is 0.391 e. The van der Waals surface area contributed by atoms with Crippen molar-refractivity contribution in [2.45, 2.75) is 44.8 Å². The Labute approximate surface area is 131 Å². The summed E-state index contributed by atoms with van der Waals surface area (Å²) < 4.78 is 38.4. The minimum Gasteiger partial charge on any atom is -0.349 e. The lowest BCUT2D eigenvalue weighted by Gasteiger charge is -2.31. The summed E-state index contributed by atoms with van der Waals surface area (Å²) in [6, 6.07) is 3.71. The van der Waals surface area contributed by atoms with Crippen LogP contribution in [0.25, 0.3) is 0 Å². The number of alkyl halides is 3. The second-order valence-corrected chi connectivity index (χ2v) is 5.80. The van der Waals surface area contributed by atoms with Gasteiger partial charge in [-0.2, -0.15) is 13.2 Å². The number of nitro benzene ring substituents is 1. The maximum atomic E-state index is 12.8. The lowest BCUT2D eigenvalue weighted by molar-refractivity contribution is -0.385. The van der Waals surface area contributed by atoms with Crippen molar-refractivity contribution in [3.05, 3.63) is 39.4 Å². The Morgan fingerprint density at radius 3 is 2.65 bits per heavy atom. The van der Waals surface area contributed by atoms with E-state index in [9.17, 15) is 28.1 Å². The van der Waals surface area contributed by atoms with E-state index < -0.39 is 29.0 Å². The normalized spacial score (nSPS) is 21.7. The number of nitro groups is 1. The van der Waals surface area contributed by atoms with Crippen LogP contribution >= 0.6 is 0 Å². The third-order valence-electron chi connectivity index (χ3n) is 4.14. The first-order valence-electron chi connectivity index (χ1n) is 7.31. The van der Waals surface area contributed by atoms with Gasteiger partial charge in [0.15, 0.2) is 0 Å². The number of halogens is 3. The average Bonchev–Trinajstić information content (AvgIpc) is 2.46. The summed E-state index contributed by atoms with van der Waals surface area (Å²) in [7, 11) is 0. The number of hydrogen-bond acceptors (Lipinski definition) is 3. The Balaban J connectivity index is 2.14. The molecule has 1 fully saturated rings. The number of hydrogen-bond donors (Lipinski definition) is 1. The third kappa shape index (κ3) is 4.00. The van der Waals surface area contributed by atoms with Gasteiger partial charge in [0.1, 0.15) is 5.56 Å². The number of nitrogens with one attached hydrogen (secondary N) is 1. The van der Waals surface area contributed by atoms with Crippen molar-refractivity contribution >= 4 is 11.6 Å². The molecule has 1 aliphatic rings. The molecule has 1 aromatic carbocycles. The molecule has 0 spiro atoms. The van der Waals surface area contributed by atoms with Crippen LogP contribution in [-0.2, 0) is 0 Å². The summed E-state index contributed by atoms with van der Waals surface area (Å²) in [6.07, 6.45) is -3.60. The monoisotopic (exact) mass is 330 g/mol. The summed E-state index contributed by atoms with van der Waals surface area (Å²) in [6.45, 7) is 1.51. The van der Waals surface area contributed by atoms with E-state index in [0.29, 0.717) is 18.4 Å². The fourth-order valence-electron chi connectivity index (χ4n) is 2.97. The van der Waals surface area contributed by atoms with Gasteiger partial charge in [0.2, 0.25) is 0 Å². The summed E-state index contributed by atoms with van der Waals surface area (Å²) in [5, 5.41) is 13.6. The standard InChI is InChI=1S/C15H17F3N2O3/c1-9-4-2-7-12(13(9)20(22)23)14(21)19-11-6-3-5-10(8-11)15(16,17)18/h2,4,7,10-11H,3,5-6,8H2,1H3,(H,19,21). The van der Waals surface area contributed by atoms with Crippen molar-refractivity contribution in [1.82, 2.24) is 5.32 Å². The Bertz CT molecular complexity index is 616. The summed E-state index contributed by atoms with van der Waals surface area (Å²) in [5.74, 6) is -2.14. The van der Waals surface area contributed by atoms with Crippen molar-refractivity contribution in [3.63, 3.8) is 0 Å². The van der Waals surface area contributed by atoms with Gasteiger partial charge in [-0.25, -0.2) is 0 Å². The molecular formula is C15H17F3N2O3. The minimum atomic E-state index is -4.28. The molecule has 0 aliphatic heterocycles. The predicted octanol–water partition coefficient (Wildman–Crippen LogP) is 3.75. The zero-order valence-electron chi connectivity index (χ0n) is 12.5. The zero-order valence-corrected chi connectivity index (χ0v) is 12.5. The number of carbonyl (C=O) groups is 1. The van der Waals surface area contributed by atoms with Gasteiger partial charge in [-0.15, -0.1) is 0 Å². The van der Waals surface area contributed by atoms with Crippen molar-refractivity contribution < 1.29 is 22.9 Å². The number of aryl methyl sites for hydroxylation is 1. The van der Waals surface area contributed by atoms with Crippen LogP contribution in [0.4, 0.5) is 18.9 Å². The molecule has 0 bridgehead atoms. The van der Waals surface area contributed by atoms with E-state index in [4.69, 9.17) is 0 Å². The van der Waals surface area contributed by atoms with Crippen LogP contribution < -0.4 is 5.32 Å². The van der Waals surface area contributed by atoms with Gasteiger partial charge < -0.3 is 5.32 Å². The van der Waals surface area contributed by atoms with Crippen molar-refractivity contribution in [2.24, 2.45) is 5.92 Å². The SMILES string of the molecule is Cc1cccc(C(=O)NC2CCCC(C(F)(F)F)C2)c1[N+](=O)[O-]. The lowest BCUT2D eigenvalue weighted by atomic mass is 9.85. The maximum absolute atomic E-state index is 12.8. The molecule has 0 heterocycles. The number of benzene rings is 1. The molecule has 1 aliphatic carbocycles. The molecule has 1 aromatic rings. The highest BCUT2D eigenvalue weighted by molar-refractivity contribution is 5.98. The Morgan fingerprint density at radius 2 is 2.04 bits per heavy atom. The van der Waals surface area contributed by atoms with Gasteiger partial charge in [-0.05, 0) is 32.3 Å². The molecule has 2 atom stereocenters. The van der Waals surface area contributed by atoms with E-state index in [0.717, 1.165) is 0 Å². The highest BCUT2D eigenvalue weighted by Gasteiger charge is 2.42. The van der Waals surface area contributed by atoms with Gasteiger partial charge in [-0.3, -0.25) is 14.9 Å². The number of nitrogens with zero attached hydrogens (tertiary/aromatic N) is 1. The van der Waals surface area contributed by atoms with Gasteiger partial charge in [0.25, 0.3) is 11.6 Å². The van der Waals surface area contributed by atoms with Crippen LogP contribution in [0.1, 0.15) is 41.6 Å². The minimum absolute atomic E-state index is 0.0560. The van der Waals surface area contributed by atoms with Crippen molar-refractivity contribution in [2.75, 3.05) is 0 Å². The van der Waals surface area contributed by atoms with Crippen LogP contribution in [0.15, 0.2) is 18.2 Å². The molecule has 1 N–H and O–H groups in total. The Kier molecular flexibility index (Phi) is 4.91. The smallest absolute Gasteiger partial charge is 0.349 e. The summed E-state index contributed by atoms with van der Waals surface area (Å²) in [4.78, 5) is 22.7. The highest BCUT2D eigenvalue weighted by atomic mass is 19.4. The molecule has 23 heavy (non-hydrogen) atoms. The second-order valence-electron chi connectivity index (χ2n) is 5.80. The number of para-hydroxylation sites is 1. The fraction of sp³-hybridized carbons (Fsp3) is 0.533. The molecule has 2 unspecified atom stereocenters. The lowest BCUT2D eigenvalue weighted by Crippen LogP contribution is -2.41. The molecule has 2 rings (SSSR count). The molecule has 126 valence electrons. The first-order chi connectivity index (χ1) is 10.7. The van der Waals surface area contributed by atoms with E-state index in [1.807, 2.05) is 0 Å². The van der Waals surface area contributed by atoms with Gasteiger partial charge >= 0.3 is 6.18 Å². The van der Waals surface area contributed by atoms with Crippen molar-refractivity contribution in [3.8, 4) is 0 Å². The summed E-state index contributed by atoms with van der Waals surface area (Å²) >= 11 is 0. The van der Waals surface area contributed by atoms with Crippen LogP contribution in [0.5, 0.6) is 0 Å². The Morgan fingerprint density at radius 1 is 1.35 bits per heavy atom. The number of rotatable bonds is 3. The van der Waals surface area contributed by atoms with E-state index in [1.165, 1.54) is 25.1 Å². The first kappa shape index (κ1) is 17.2. The average molecular weight is 330 g/mol. The second kappa shape index (κ2) is 6.55. The molecule has 1 saturated carbocycles. The molecule has 0 saturated heterocycles. The molecule has 5 nitrogen and oxygen atoms in total. The quantitative estimate of drug-likeness (QED) is 0.677. The number of carbonyl (C=O) groups excluding carboxylic acids is 1. The van der Waals surface area contributed by atoms with Crippen LogP contribution in [0.3, 0.4) is 0 Å². The Hall–Kier alpha value is -2.12. The summed E-state index contributed by atoms with van der Waals surface area (Å²) in [5.41, 5.74) is -0.100. The van der Waals surface area contributed by atoms with Gasteiger partial charge in [0.05, 0.1) is 10.8 Å². The van der Waals surface area contributed by atoms with Gasteiger partial charge in [0, 0.05) is 11.6 Å².